The molecule has 1 heterocycles. The van der Waals surface area contributed by atoms with Gasteiger partial charge in [0.05, 0.1) is 13.0 Å². The maximum absolute atomic E-state index is 13.1. The van der Waals surface area contributed by atoms with Crippen molar-refractivity contribution >= 4 is 5.78 Å². The van der Waals surface area contributed by atoms with E-state index in [-0.39, 0.29) is 28.6 Å². The van der Waals surface area contributed by atoms with Crippen molar-refractivity contribution in [2.24, 2.45) is 5.92 Å². The van der Waals surface area contributed by atoms with Crippen LogP contribution >= 0.6 is 0 Å². The number of rotatable bonds is 4. The second-order valence-electron chi connectivity index (χ2n) is 6.64. The van der Waals surface area contributed by atoms with Crippen LogP contribution < -0.4 is 9.47 Å². The summed E-state index contributed by atoms with van der Waals surface area (Å²) in [4.78, 5) is 13.1. The fourth-order valence-corrected chi connectivity index (χ4v) is 3.16. The number of allylic oxidation sites excluding steroid dienone is 2. The predicted octanol–water partition coefficient (Wildman–Crippen LogP) is 4.40. The number of hydrogen-bond acceptors (Lipinski definition) is 5. The summed E-state index contributed by atoms with van der Waals surface area (Å²) in [6.07, 6.45) is 1.97. The zero-order chi connectivity index (χ0) is 18.8. The predicted molar refractivity (Wildman–Crippen MR) is 98.0 cm³/mol. The lowest BCUT2D eigenvalue weighted by Crippen LogP contribution is -2.31. The molecule has 0 aromatic heterocycles. The third kappa shape index (κ3) is 3.38. The average molecular weight is 354 g/mol. The Labute approximate surface area is 152 Å². The first-order valence-corrected chi connectivity index (χ1v) is 8.45. The van der Waals surface area contributed by atoms with Crippen molar-refractivity contribution in [3.8, 4) is 23.0 Å². The van der Waals surface area contributed by atoms with Gasteiger partial charge >= 0.3 is 0 Å². The van der Waals surface area contributed by atoms with E-state index in [2.05, 4.69) is 0 Å². The van der Waals surface area contributed by atoms with Crippen molar-refractivity contribution in [2.45, 2.75) is 26.4 Å². The molecule has 2 N–H and O–H groups in total. The maximum Gasteiger partial charge on any atom is 0.177 e. The summed E-state index contributed by atoms with van der Waals surface area (Å²) in [5.74, 6) is -0.164. The van der Waals surface area contributed by atoms with Gasteiger partial charge in [-0.25, -0.2) is 0 Å². The zero-order valence-electron chi connectivity index (χ0n) is 15.0. The molecule has 1 aliphatic rings. The van der Waals surface area contributed by atoms with Crippen molar-refractivity contribution in [1.82, 2.24) is 0 Å². The highest BCUT2D eigenvalue weighted by Gasteiger charge is 2.39. The second-order valence-corrected chi connectivity index (χ2v) is 6.64. The monoisotopic (exact) mass is 354 g/mol. The average Bonchev–Trinajstić information content (AvgIpc) is 2.60. The first-order chi connectivity index (χ1) is 12.4. The van der Waals surface area contributed by atoms with Gasteiger partial charge in [-0.2, -0.15) is 0 Å². The normalized spacial score (nSPS) is 18.7. The number of carbonyl (C=O) groups is 1. The van der Waals surface area contributed by atoms with Crippen LogP contribution in [0.4, 0.5) is 0 Å². The largest absolute Gasteiger partial charge is 0.508 e. The van der Waals surface area contributed by atoms with Gasteiger partial charge in [0.2, 0.25) is 0 Å². The lowest BCUT2D eigenvalue weighted by molar-refractivity contribution is 0.0654. The summed E-state index contributed by atoms with van der Waals surface area (Å²) in [6, 6.07) is 9.87. The number of hydrogen-bond donors (Lipinski definition) is 2. The molecular formula is C21H22O5. The van der Waals surface area contributed by atoms with Crippen LogP contribution in [-0.2, 0) is 0 Å². The fraction of sp³-hybridized carbons (Fsp3) is 0.286. The topological polar surface area (TPSA) is 76.0 Å². The van der Waals surface area contributed by atoms with E-state index in [0.717, 1.165) is 17.2 Å². The number of fused-ring (bicyclic) bond motifs is 1. The first-order valence-electron chi connectivity index (χ1n) is 8.45. The number of carbonyl (C=O) groups excluding carboxylic acids is 1. The van der Waals surface area contributed by atoms with Gasteiger partial charge in [0, 0.05) is 12.1 Å². The van der Waals surface area contributed by atoms with Gasteiger partial charge in [-0.05, 0) is 38.0 Å². The molecule has 26 heavy (non-hydrogen) atoms. The van der Waals surface area contributed by atoms with Crippen LogP contribution in [0.25, 0.3) is 0 Å². The zero-order valence-corrected chi connectivity index (χ0v) is 15.0. The fourth-order valence-electron chi connectivity index (χ4n) is 3.16. The SMILES string of the molecule is COc1ccc([C@@H]2Oc3cc(O)cc(O)c3C(=O)[C@H]2CC=C(C)C)cc1. The van der Waals surface area contributed by atoms with Crippen LogP contribution in [0.1, 0.15) is 42.3 Å². The number of benzene rings is 2. The van der Waals surface area contributed by atoms with E-state index in [1.165, 1.54) is 6.07 Å². The number of ether oxygens (including phenoxy) is 2. The molecule has 5 heteroatoms. The Morgan fingerprint density at radius 2 is 1.88 bits per heavy atom. The minimum absolute atomic E-state index is 0.125. The second kappa shape index (κ2) is 7.12. The number of phenols is 2. The van der Waals surface area contributed by atoms with E-state index in [1.54, 1.807) is 7.11 Å². The maximum atomic E-state index is 13.1. The Hall–Kier alpha value is -2.95. The summed E-state index contributed by atoms with van der Waals surface area (Å²) in [5, 5.41) is 19.9. The van der Waals surface area contributed by atoms with Crippen molar-refractivity contribution in [1.29, 1.82) is 0 Å². The standard InChI is InChI=1S/C21H22O5/c1-12(2)4-9-16-20(24)19-17(23)10-14(22)11-18(19)26-21(16)13-5-7-15(25-3)8-6-13/h4-8,10-11,16,21-23H,9H2,1-3H3/t16-,21+/m1/s1. The van der Waals surface area contributed by atoms with Gasteiger partial charge in [-0.3, -0.25) is 4.79 Å². The Balaban J connectivity index is 2.06. The summed E-state index contributed by atoms with van der Waals surface area (Å²) in [7, 11) is 1.59. The van der Waals surface area contributed by atoms with Gasteiger partial charge in [0.1, 0.15) is 34.7 Å². The van der Waals surface area contributed by atoms with E-state index in [1.807, 2.05) is 44.2 Å². The van der Waals surface area contributed by atoms with Crippen LogP contribution in [0, 0.1) is 5.92 Å². The number of methoxy groups -OCH3 is 1. The highest BCUT2D eigenvalue weighted by Crippen LogP contribution is 2.45. The van der Waals surface area contributed by atoms with E-state index in [4.69, 9.17) is 9.47 Å². The van der Waals surface area contributed by atoms with Crippen molar-refractivity contribution in [2.75, 3.05) is 7.11 Å². The Morgan fingerprint density at radius 1 is 1.19 bits per heavy atom. The van der Waals surface area contributed by atoms with Crippen LogP contribution in [0.15, 0.2) is 48.0 Å². The number of Topliss-reactive ketones (excluding diaryl/α,β-unsaturated/α-hetero) is 1. The molecule has 136 valence electrons. The molecule has 2 aromatic rings. The molecule has 0 bridgehead atoms. The van der Waals surface area contributed by atoms with Crippen molar-refractivity contribution < 1.29 is 24.5 Å². The lowest BCUT2D eigenvalue weighted by Gasteiger charge is -2.33. The molecule has 0 fully saturated rings. The van der Waals surface area contributed by atoms with E-state index < -0.39 is 12.0 Å². The Morgan fingerprint density at radius 3 is 2.50 bits per heavy atom. The van der Waals surface area contributed by atoms with E-state index >= 15 is 0 Å². The smallest absolute Gasteiger partial charge is 0.177 e. The number of phenolic OH excluding ortho intramolecular Hbond substituents is 2. The molecule has 3 rings (SSSR count). The summed E-state index contributed by atoms with van der Waals surface area (Å²) >= 11 is 0. The Bertz CT molecular complexity index is 847. The molecule has 2 aromatic carbocycles. The molecule has 0 unspecified atom stereocenters. The van der Waals surface area contributed by atoms with Gasteiger partial charge in [-0.15, -0.1) is 0 Å². The molecule has 0 spiro atoms. The van der Waals surface area contributed by atoms with E-state index in [9.17, 15) is 15.0 Å². The highest BCUT2D eigenvalue weighted by atomic mass is 16.5. The number of ketones is 1. The van der Waals surface area contributed by atoms with Gasteiger partial charge in [-0.1, -0.05) is 23.8 Å². The van der Waals surface area contributed by atoms with Gasteiger partial charge < -0.3 is 19.7 Å². The minimum Gasteiger partial charge on any atom is -0.508 e. The number of aromatic hydroxyl groups is 2. The highest BCUT2D eigenvalue weighted by molar-refractivity contribution is 6.04. The molecule has 5 nitrogen and oxygen atoms in total. The molecular weight excluding hydrogens is 332 g/mol. The molecule has 0 aliphatic carbocycles. The van der Waals surface area contributed by atoms with Crippen LogP contribution in [0.2, 0.25) is 0 Å². The summed E-state index contributed by atoms with van der Waals surface area (Å²) in [6.45, 7) is 3.94. The van der Waals surface area contributed by atoms with Crippen LogP contribution in [0.3, 0.4) is 0 Å². The molecule has 0 saturated carbocycles. The molecule has 0 amide bonds. The van der Waals surface area contributed by atoms with Crippen LogP contribution in [-0.4, -0.2) is 23.1 Å². The van der Waals surface area contributed by atoms with Crippen molar-refractivity contribution in [3.05, 3.63) is 59.2 Å². The lowest BCUT2D eigenvalue weighted by atomic mass is 9.83. The molecule has 1 aliphatic heterocycles. The summed E-state index contributed by atoms with van der Waals surface area (Å²) < 4.78 is 11.2. The third-order valence-corrected chi connectivity index (χ3v) is 4.49. The van der Waals surface area contributed by atoms with Crippen LogP contribution in [0.5, 0.6) is 23.0 Å². The van der Waals surface area contributed by atoms with Crippen molar-refractivity contribution in [3.63, 3.8) is 0 Å². The first kappa shape index (κ1) is 17.9. The van der Waals surface area contributed by atoms with Gasteiger partial charge in [0.25, 0.3) is 0 Å². The third-order valence-electron chi connectivity index (χ3n) is 4.49. The molecule has 0 radical (unpaired) electrons. The summed E-state index contributed by atoms with van der Waals surface area (Å²) in [5.41, 5.74) is 2.06. The quantitative estimate of drug-likeness (QED) is 0.796. The molecule has 2 atom stereocenters. The Kier molecular flexibility index (Phi) is 4.89. The molecule has 0 saturated heterocycles. The minimum atomic E-state index is -0.516. The van der Waals surface area contributed by atoms with E-state index in [0.29, 0.717) is 12.2 Å². The van der Waals surface area contributed by atoms with Gasteiger partial charge in [0.15, 0.2) is 5.78 Å².